The van der Waals surface area contributed by atoms with Gasteiger partial charge in [0.05, 0.1) is 11.2 Å². The summed E-state index contributed by atoms with van der Waals surface area (Å²) < 4.78 is 15.7. The number of aryl methyl sites for hydroxylation is 3. The summed E-state index contributed by atoms with van der Waals surface area (Å²) in [6.07, 6.45) is 1.16. The fourth-order valence-corrected chi connectivity index (χ4v) is 3.87. The van der Waals surface area contributed by atoms with E-state index < -0.39 is 5.82 Å². The van der Waals surface area contributed by atoms with Gasteiger partial charge in [0, 0.05) is 31.1 Å². The number of benzene rings is 2. The van der Waals surface area contributed by atoms with Gasteiger partial charge in [-0.05, 0) is 55.7 Å². The first kappa shape index (κ1) is 18.2. The topological polar surface area (TPSA) is 54.3 Å². The molecule has 1 N–H and O–H groups in total. The Morgan fingerprint density at radius 2 is 1.93 bits per heavy atom. The van der Waals surface area contributed by atoms with Crippen molar-refractivity contribution in [1.82, 2.24) is 4.57 Å². The van der Waals surface area contributed by atoms with Crippen molar-refractivity contribution >= 4 is 34.1 Å². The SMILES string of the molecule is Cc1ccc(C)c(NC(=O)c2c(N3CCCC3=O)c3cc(F)ccc3n2C)c1. The van der Waals surface area contributed by atoms with Crippen molar-refractivity contribution in [3.63, 3.8) is 0 Å². The molecule has 0 aliphatic carbocycles. The summed E-state index contributed by atoms with van der Waals surface area (Å²) in [5.74, 6) is -0.757. The van der Waals surface area contributed by atoms with E-state index in [0.717, 1.165) is 23.2 Å². The number of carbonyl (C=O) groups excluding carboxylic acids is 2. The lowest BCUT2D eigenvalue weighted by molar-refractivity contribution is -0.117. The van der Waals surface area contributed by atoms with Gasteiger partial charge in [0.1, 0.15) is 11.5 Å². The molecule has 0 unspecified atom stereocenters. The Morgan fingerprint density at radius 1 is 1.14 bits per heavy atom. The van der Waals surface area contributed by atoms with Gasteiger partial charge in [0.15, 0.2) is 0 Å². The van der Waals surface area contributed by atoms with E-state index in [-0.39, 0.29) is 11.8 Å². The van der Waals surface area contributed by atoms with Crippen LogP contribution in [0, 0.1) is 19.7 Å². The average molecular weight is 379 g/mol. The smallest absolute Gasteiger partial charge is 0.274 e. The zero-order chi connectivity index (χ0) is 20.0. The zero-order valence-corrected chi connectivity index (χ0v) is 16.2. The number of nitrogens with one attached hydrogen (secondary N) is 1. The van der Waals surface area contributed by atoms with Crippen LogP contribution in [-0.2, 0) is 11.8 Å². The molecule has 3 aromatic rings. The Kier molecular flexibility index (Phi) is 4.41. The highest BCUT2D eigenvalue weighted by molar-refractivity contribution is 6.17. The third-order valence-electron chi connectivity index (χ3n) is 5.33. The number of carbonyl (C=O) groups is 2. The first-order valence-electron chi connectivity index (χ1n) is 9.33. The largest absolute Gasteiger partial charge is 0.338 e. The van der Waals surface area contributed by atoms with Crippen LogP contribution >= 0.6 is 0 Å². The Morgan fingerprint density at radius 3 is 2.64 bits per heavy atom. The highest BCUT2D eigenvalue weighted by atomic mass is 19.1. The van der Waals surface area contributed by atoms with E-state index in [1.807, 2.05) is 32.0 Å². The molecule has 2 amide bonds. The van der Waals surface area contributed by atoms with Crippen molar-refractivity contribution in [2.24, 2.45) is 7.05 Å². The number of hydrogen-bond donors (Lipinski definition) is 1. The van der Waals surface area contributed by atoms with Gasteiger partial charge in [-0.25, -0.2) is 4.39 Å². The second-order valence-corrected chi connectivity index (χ2v) is 7.34. The first-order chi connectivity index (χ1) is 13.4. The predicted molar refractivity (Wildman–Crippen MR) is 108 cm³/mol. The fourth-order valence-electron chi connectivity index (χ4n) is 3.87. The third-order valence-corrected chi connectivity index (χ3v) is 5.33. The minimum Gasteiger partial charge on any atom is -0.338 e. The molecule has 6 heteroatoms. The van der Waals surface area contributed by atoms with Crippen molar-refractivity contribution in [3.05, 3.63) is 59.0 Å². The van der Waals surface area contributed by atoms with E-state index in [0.29, 0.717) is 35.2 Å². The number of nitrogens with zero attached hydrogens (tertiary/aromatic N) is 2. The highest BCUT2D eigenvalue weighted by Crippen LogP contribution is 2.37. The monoisotopic (exact) mass is 379 g/mol. The zero-order valence-electron chi connectivity index (χ0n) is 16.2. The molecule has 1 saturated heterocycles. The first-order valence-corrected chi connectivity index (χ1v) is 9.33. The van der Waals surface area contributed by atoms with Gasteiger partial charge in [0.2, 0.25) is 5.91 Å². The lowest BCUT2D eigenvalue weighted by Crippen LogP contribution is -2.27. The van der Waals surface area contributed by atoms with Crippen LogP contribution in [0.4, 0.5) is 15.8 Å². The molecule has 144 valence electrons. The summed E-state index contributed by atoms with van der Waals surface area (Å²) in [6, 6.07) is 10.3. The van der Waals surface area contributed by atoms with Gasteiger partial charge < -0.3 is 14.8 Å². The van der Waals surface area contributed by atoms with Crippen molar-refractivity contribution in [2.75, 3.05) is 16.8 Å². The summed E-state index contributed by atoms with van der Waals surface area (Å²) in [6.45, 7) is 4.41. The molecule has 0 spiro atoms. The maximum Gasteiger partial charge on any atom is 0.274 e. The van der Waals surface area contributed by atoms with Crippen LogP contribution in [0.15, 0.2) is 36.4 Å². The summed E-state index contributed by atoms with van der Waals surface area (Å²) in [5, 5.41) is 3.54. The molecule has 1 aliphatic heterocycles. The summed E-state index contributed by atoms with van der Waals surface area (Å²) >= 11 is 0. The van der Waals surface area contributed by atoms with E-state index in [9.17, 15) is 14.0 Å². The van der Waals surface area contributed by atoms with Crippen molar-refractivity contribution < 1.29 is 14.0 Å². The molecule has 0 atom stereocenters. The molecule has 0 saturated carbocycles. The van der Waals surface area contributed by atoms with E-state index >= 15 is 0 Å². The minimum absolute atomic E-state index is 0.0439. The second-order valence-electron chi connectivity index (χ2n) is 7.34. The lowest BCUT2D eigenvalue weighted by Gasteiger charge is -2.18. The average Bonchev–Trinajstić information content (AvgIpc) is 3.18. The Bertz CT molecular complexity index is 1120. The Balaban J connectivity index is 1.88. The fraction of sp³-hybridized carbons (Fsp3) is 0.273. The lowest BCUT2D eigenvalue weighted by atomic mass is 10.1. The van der Waals surface area contributed by atoms with Crippen LogP contribution in [0.3, 0.4) is 0 Å². The van der Waals surface area contributed by atoms with Crippen molar-refractivity contribution in [1.29, 1.82) is 0 Å². The standard InChI is InChI=1S/C22H22FN3O2/c1-13-6-7-14(2)17(11-13)24-22(28)21-20(26-10-4-5-19(26)27)16-12-15(23)8-9-18(16)25(21)3/h6-9,11-12H,4-5,10H2,1-3H3,(H,24,28). The molecule has 4 rings (SSSR count). The van der Waals surface area contributed by atoms with Gasteiger partial charge in [-0.2, -0.15) is 0 Å². The molecular weight excluding hydrogens is 357 g/mol. The van der Waals surface area contributed by atoms with Crippen molar-refractivity contribution in [3.8, 4) is 0 Å². The number of anilines is 2. The number of halogens is 1. The van der Waals surface area contributed by atoms with Gasteiger partial charge in [-0.15, -0.1) is 0 Å². The van der Waals surface area contributed by atoms with Crippen LogP contribution < -0.4 is 10.2 Å². The maximum atomic E-state index is 14.0. The Hall–Kier alpha value is -3.15. The molecule has 5 nitrogen and oxygen atoms in total. The predicted octanol–water partition coefficient (Wildman–Crippen LogP) is 4.31. The van der Waals surface area contributed by atoms with E-state index in [2.05, 4.69) is 5.32 Å². The number of rotatable bonds is 3. The second kappa shape index (κ2) is 6.78. The van der Waals surface area contributed by atoms with E-state index in [1.165, 1.54) is 12.1 Å². The number of fused-ring (bicyclic) bond motifs is 1. The normalized spacial score (nSPS) is 14.1. The molecule has 0 bridgehead atoms. The Labute approximate surface area is 162 Å². The van der Waals surface area contributed by atoms with Crippen molar-refractivity contribution in [2.45, 2.75) is 26.7 Å². The molecule has 2 aromatic carbocycles. The molecule has 2 heterocycles. The quantitative estimate of drug-likeness (QED) is 0.737. The van der Waals surface area contributed by atoms with Gasteiger partial charge in [-0.3, -0.25) is 9.59 Å². The molecular formula is C22H22FN3O2. The van der Waals surface area contributed by atoms with Gasteiger partial charge >= 0.3 is 0 Å². The summed E-state index contributed by atoms with van der Waals surface area (Å²) in [5.41, 5.74) is 4.26. The van der Waals surface area contributed by atoms with Crippen LogP contribution in [0.2, 0.25) is 0 Å². The third kappa shape index (κ3) is 2.95. The van der Waals surface area contributed by atoms with Gasteiger partial charge in [0.25, 0.3) is 5.91 Å². The summed E-state index contributed by atoms with van der Waals surface area (Å²) in [4.78, 5) is 27.3. The van der Waals surface area contributed by atoms with E-state index in [4.69, 9.17) is 0 Å². The number of amides is 2. The van der Waals surface area contributed by atoms with Crippen LogP contribution in [0.1, 0.15) is 34.5 Å². The molecule has 0 radical (unpaired) electrons. The van der Waals surface area contributed by atoms with Crippen LogP contribution in [-0.4, -0.2) is 22.9 Å². The minimum atomic E-state index is -0.396. The molecule has 1 aromatic heterocycles. The molecule has 28 heavy (non-hydrogen) atoms. The van der Waals surface area contributed by atoms with Crippen LogP contribution in [0.5, 0.6) is 0 Å². The summed E-state index contributed by atoms with van der Waals surface area (Å²) in [7, 11) is 1.77. The maximum absolute atomic E-state index is 14.0. The number of aromatic nitrogens is 1. The number of hydrogen-bond acceptors (Lipinski definition) is 2. The van der Waals surface area contributed by atoms with E-state index in [1.54, 1.807) is 22.6 Å². The van der Waals surface area contributed by atoms with Gasteiger partial charge in [-0.1, -0.05) is 12.1 Å². The molecule has 1 aliphatic rings. The van der Waals surface area contributed by atoms with Crippen LogP contribution in [0.25, 0.3) is 10.9 Å². The molecule has 1 fully saturated rings. The highest BCUT2D eigenvalue weighted by Gasteiger charge is 2.31.